The lowest BCUT2D eigenvalue weighted by atomic mass is 10.1. The van der Waals surface area contributed by atoms with Gasteiger partial charge in [0.25, 0.3) is 0 Å². The Balaban J connectivity index is 2.60. The summed E-state index contributed by atoms with van der Waals surface area (Å²) < 4.78 is 15.9. The number of primary amides is 1. The first-order chi connectivity index (χ1) is 11.1. The first kappa shape index (κ1) is 19.8. The summed E-state index contributed by atoms with van der Waals surface area (Å²) in [6.45, 7) is 7.13. The summed E-state index contributed by atoms with van der Waals surface area (Å²) in [5.41, 5.74) is 5.59. The number of ether oxygens (including phenoxy) is 3. The number of nitrogens with one attached hydrogen (secondary N) is 1. The lowest BCUT2D eigenvalue weighted by molar-refractivity contribution is -0.124. The molecule has 134 valence electrons. The highest BCUT2D eigenvalue weighted by atomic mass is 16.6. The maximum Gasteiger partial charge on any atom is 0.408 e. The highest BCUT2D eigenvalue weighted by molar-refractivity contribution is 5.84. The van der Waals surface area contributed by atoms with E-state index < -0.39 is 29.7 Å². The van der Waals surface area contributed by atoms with E-state index in [1.54, 1.807) is 34.8 Å². The van der Waals surface area contributed by atoms with E-state index in [4.69, 9.17) is 19.9 Å². The van der Waals surface area contributed by atoms with E-state index in [0.717, 1.165) is 11.3 Å². The second-order valence-electron chi connectivity index (χ2n) is 6.39. The fraction of sp³-hybridized carbons (Fsp3) is 0.529. The molecule has 0 radical (unpaired) electrons. The molecule has 0 saturated carbocycles. The molecule has 0 fully saturated rings. The van der Waals surface area contributed by atoms with Gasteiger partial charge >= 0.3 is 6.09 Å². The largest absolute Gasteiger partial charge is 0.497 e. The van der Waals surface area contributed by atoms with Gasteiger partial charge < -0.3 is 25.3 Å². The van der Waals surface area contributed by atoms with Crippen LogP contribution in [0.4, 0.5) is 4.79 Å². The van der Waals surface area contributed by atoms with Gasteiger partial charge in [0.2, 0.25) is 5.91 Å². The van der Waals surface area contributed by atoms with Crippen LogP contribution in [0.25, 0.3) is 0 Å². The van der Waals surface area contributed by atoms with Gasteiger partial charge in [-0.3, -0.25) is 4.79 Å². The van der Waals surface area contributed by atoms with Crippen molar-refractivity contribution in [3.63, 3.8) is 0 Å². The average molecular weight is 338 g/mol. The standard InChI is InChI=1S/C17H26N2O5/c1-11(23-10-12-6-8-13(22-5)9-7-12)14(15(18)20)19-16(21)24-17(2,3)4/h6-9,11,14H,10H2,1-5H3,(H2,18,20)(H,19,21)/t11-,14+/m1/s1. The predicted molar refractivity (Wildman–Crippen MR) is 89.6 cm³/mol. The van der Waals surface area contributed by atoms with Crippen LogP contribution in [0.15, 0.2) is 24.3 Å². The molecule has 0 aliphatic carbocycles. The molecule has 1 aromatic rings. The lowest BCUT2D eigenvalue weighted by Gasteiger charge is -2.25. The molecule has 0 aromatic heterocycles. The van der Waals surface area contributed by atoms with Crippen LogP contribution in [0.1, 0.15) is 33.3 Å². The third-order valence-corrected chi connectivity index (χ3v) is 3.12. The number of rotatable bonds is 7. The summed E-state index contributed by atoms with van der Waals surface area (Å²) in [6.07, 6.45) is -1.33. The maximum absolute atomic E-state index is 11.8. The van der Waals surface area contributed by atoms with Crippen molar-refractivity contribution in [2.45, 2.75) is 52.0 Å². The first-order valence-electron chi connectivity index (χ1n) is 7.65. The van der Waals surface area contributed by atoms with Crippen LogP contribution < -0.4 is 15.8 Å². The van der Waals surface area contributed by atoms with Crippen LogP contribution in [0.2, 0.25) is 0 Å². The van der Waals surface area contributed by atoms with Gasteiger partial charge in [0, 0.05) is 0 Å². The summed E-state index contributed by atoms with van der Waals surface area (Å²) in [4.78, 5) is 23.4. The second kappa shape index (κ2) is 8.54. The highest BCUT2D eigenvalue weighted by Gasteiger charge is 2.28. The van der Waals surface area contributed by atoms with Crippen molar-refractivity contribution in [2.24, 2.45) is 5.73 Å². The SMILES string of the molecule is COc1ccc(CO[C@H](C)[C@H](NC(=O)OC(C)(C)C)C(N)=O)cc1. The van der Waals surface area contributed by atoms with E-state index in [-0.39, 0.29) is 6.61 Å². The van der Waals surface area contributed by atoms with Crippen molar-refractivity contribution in [1.29, 1.82) is 0 Å². The molecule has 2 amide bonds. The lowest BCUT2D eigenvalue weighted by Crippen LogP contribution is -2.52. The summed E-state index contributed by atoms with van der Waals surface area (Å²) in [5, 5.41) is 2.45. The van der Waals surface area contributed by atoms with Crippen molar-refractivity contribution >= 4 is 12.0 Å². The molecule has 7 heteroatoms. The van der Waals surface area contributed by atoms with Gasteiger partial charge in [0.1, 0.15) is 17.4 Å². The zero-order chi connectivity index (χ0) is 18.3. The van der Waals surface area contributed by atoms with Gasteiger partial charge in [-0.15, -0.1) is 0 Å². The Morgan fingerprint density at radius 1 is 1.21 bits per heavy atom. The molecular formula is C17H26N2O5. The van der Waals surface area contributed by atoms with Gasteiger partial charge in [-0.1, -0.05) is 12.1 Å². The minimum absolute atomic E-state index is 0.269. The smallest absolute Gasteiger partial charge is 0.408 e. The van der Waals surface area contributed by atoms with E-state index in [1.807, 2.05) is 24.3 Å². The number of carbonyl (C=O) groups is 2. The predicted octanol–water partition coefficient (Wildman–Crippen LogP) is 1.98. The number of alkyl carbamates (subject to hydrolysis) is 1. The van der Waals surface area contributed by atoms with Crippen molar-refractivity contribution in [3.8, 4) is 5.75 Å². The van der Waals surface area contributed by atoms with E-state index in [9.17, 15) is 9.59 Å². The zero-order valence-electron chi connectivity index (χ0n) is 14.8. The van der Waals surface area contributed by atoms with Gasteiger partial charge in [-0.25, -0.2) is 4.79 Å². The molecule has 0 unspecified atom stereocenters. The summed E-state index contributed by atoms with van der Waals surface area (Å²) >= 11 is 0. The molecular weight excluding hydrogens is 312 g/mol. The van der Waals surface area contributed by atoms with E-state index in [1.165, 1.54) is 0 Å². The van der Waals surface area contributed by atoms with Gasteiger partial charge in [-0.2, -0.15) is 0 Å². The number of methoxy groups -OCH3 is 1. The fourth-order valence-corrected chi connectivity index (χ4v) is 1.90. The molecule has 0 saturated heterocycles. The summed E-state index contributed by atoms with van der Waals surface area (Å²) in [5.74, 6) is 0.0523. The van der Waals surface area contributed by atoms with Crippen molar-refractivity contribution < 1.29 is 23.8 Å². The number of amides is 2. The van der Waals surface area contributed by atoms with Crippen LogP contribution in [0.3, 0.4) is 0 Å². The number of hydrogen-bond acceptors (Lipinski definition) is 5. The highest BCUT2D eigenvalue weighted by Crippen LogP contribution is 2.13. The van der Waals surface area contributed by atoms with Crippen molar-refractivity contribution in [2.75, 3.05) is 7.11 Å². The van der Waals surface area contributed by atoms with Crippen LogP contribution >= 0.6 is 0 Å². The van der Waals surface area contributed by atoms with Crippen LogP contribution in [-0.2, 0) is 20.9 Å². The fourth-order valence-electron chi connectivity index (χ4n) is 1.90. The number of nitrogens with two attached hydrogens (primary N) is 1. The number of hydrogen-bond donors (Lipinski definition) is 2. The average Bonchev–Trinajstić information content (AvgIpc) is 2.48. The van der Waals surface area contributed by atoms with E-state index in [2.05, 4.69) is 5.32 Å². The molecule has 0 aliphatic rings. The molecule has 0 heterocycles. The van der Waals surface area contributed by atoms with Crippen molar-refractivity contribution in [3.05, 3.63) is 29.8 Å². The third-order valence-electron chi connectivity index (χ3n) is 3.12. The number of benzene rings is 1. The summed E-state index contributed by atoms with van der Waals surface area (Å²) in [7, 11) is 1.59. The maximum atomic E-state index is 11.8. The third kappa shape index (κ3) is 6.87. The molecule has 7 nitrogen and oxygen atoms in total. The Hall–Kier alpha value is -2.28. The number of carbonyl (C=O) groups excluding carboxylic acids is 2. The molecule has 1 aromatic carbocycles. The molecule has 0 spiro atoms. The van der Waals surface area contributed by atoms with Crippen LogP contribution in [0.5, 0.6) is 5.75 Å². The molecule has 0 aliphatic heterocycles. The topological polar surface area (TPSA) is 99.9 Å². The molecule has 1 rings (SSSR count). The minimum Gasteiger partial charge on any atom is -0.497 e. The van der Waals surface area contributed by atoms with Gasteiger partial charge in [0.05, 0.1) is 19.8 Å². The molecule has 2 atom stereocenters. The Kier molecular flexibility index (Phi) is 7.03. The van der Waals surface area contributed by atoms with Crippen LogP contribution in [0, 0.1) is 0 Å². The Morgan fingerprint density at radius 2 is 1.79 bits per heavy atom. The normalized spacial score (nSPS) is 13.7. The second-order valence-corrected chi connectivity index (χ2v) is 6.39. The monoisotopic (exact) mass is 338 g/mol. The Labute approximate surface area is 142 Å². The van der Waals surface area contributed by atoms with Crippen molar-refractivity contribution in [1.82, 2.24) is 5.32 Å². The Bertz CT molecular complexity index is 551. The van der Waals surface area contributed by atoms with Crippen LogP contribution in [-0.4, -0.2) is 36.9 Å². The van der Waals surface area contributed by atoms with E-state index in [0.29, 0.717) is 0 Å². The molecule has 0 bridgehead atoms. The van der Waals surface area contributed by atoms with E-state index >= 15 is 0 Å². The quantitative estimate of drug-likeness (QED) is 0.792. The molecule has 24 heavy (non-hydrogen) atoms. The Morgan fingerprint density at radius 3 is 2.25 bits per heavy atom. The summed E-state index contributed by atoms with van der Waals surface area (Å²) in [6, 6.07) is 6.35. The minimum atomic E-state index is -0.988. The molecule has 3 N–H and O–H groups in total. The zero-order valence-corrected chi connectivity index (χ0v) is 14.8. The first-order valence-corrected chi connectivity index (χ1v) is 7.65. The van der Waals surface area contributed by atoms with Gasteiger partial charge in [0.15, 0.2) is 0 Å². The van der Waals surface area contributed by atoms with Gasteiger partial charge in [-0.05, 0) is 45.4 Å².